The van der Waals surface area contributed by atoms with Gasteiger partial charge in [-0.2, -0.15) is 0 Å². The Labute approximate surface area is 187 Å². The van der Waals surface area contributed by atoms with E-state index in [-0.39, 0.29) is 17.2 Å². The Balaban J connectivity index is 1.87. The number of halogens is 1. The van der Waals surface area contributed by atoms with Crippen LogP contribution in [0.2, 0.25) is 5.02 Å². The van der Waals surface area contributed by atoms with Crippen molar-refractivity contribution in [1.82, 2.24) is 9.71 Å². The van der Waals surface area contributed by atoms with Gasteiger partial charge in [0.05, 0.1) is 17.8 Å². The second kappa shape index (κ2) is 9.78. The molecular weight excluding hydrogens is 460 g/mol. The van der Waals surface area contributed by atoms with Crippen molar-refractivity contribution in [2.75, 3.05) is 13.7 Å². The number of nitrogens with zero attached hydrogens (tertiary/aromatic N) is 1. The third kappa shape index (κ3) is 6.04. The molecule has 0 aliphatic carbocycles. The maximum absolute atomic E-state index is 13.3. The molecule has 0 spiro atoms. The van der Waals surface area contributed by atoms with E-state index in [0.29, 0.717) is 21.9 Å². The zero-order valence-electron chi connectivity index (χ0n) is 16.6. The first kappa shape index (κ1) is 23.2. The van der Waals surface area contributed by atoms with E-state index in [1.807, 2.05) is 0 Å². The van der Waals surface area contributed by atoms with E-state index in [9.17, 15) is 16.8 Å². The Morgan fingerprint density at radius 3 is 2.39 bits per heavy atom. The summed E-state index contributed by atoms with van der Waals surface area (Å²) in [6.45, 7) is -0.344. The van der Waals surface area contributed by atoms with Crippen molar-refractivity contribution in [3.8, 4) is 5.75 Å². The average molecular weight is 481 g/mol. The standard InChI is InChI=1S/C21H21ClN2O5S2/c1-29-19-7-9-20(10-8-19)31(27,28)21(17-5-3-11-23-13-17)14-24-30(25,26)15-16-4-2-6-18(22)12-16/h2-13,21,24H,14-15H2,1H3. The van der Waals surface area contributed by atoms with Crippen molar-refractivity contribution in [3.05, 3.63) is 89.2 Å². The largest absolute Gasteiger partial charge is 0.497 e. The number of aromatic nitrogens is 1. The molecule has 3 rings (SSSR count). The van der Waals surface area contributed by atoms with Crippen LogP contribution >= 0.6 is 11.6 Å². The fourth-order valence-electron chi connectivity index (χ4n) is 3.00. The summed E-state index contributed by atoms with van der Waals surface area (Å²) >= 11 is 5.92. The molecule has 1 atom stereocenters. The number of sulfone groups is 1. The summed E-state index contributed by atoms with van der Waals surface area (Å²) < 4.78 is 59.4. The lowest BCUT2D eigenvalue weighted by Gasteiger charge is -2.19. The number of ether oxygens (including phenoxy) is 1. The fourth-order valence-corrected chi connectivity index (χ4v) is 6.11. The first-order chi connectivity index (χ1) is 14.7. The van der Waals surface area contributed by atoms with Crippen LogP contribution < -0.4 is 9.46 Å². The van der Waals surface area contributed by atoms with Crippen molar-refractivity contribution in [2.45, 2.75) is 15.9 Å². The third-order valence-corrected chi connectivity index (χ3v) is 8.23. The number of sulfonamides is 1. The van der Waals surface area contributed by atoms with Gasteiger partial charge in [-0.25, -0.2) is 21.6 Å². The molecule has 1 aromatic heterocycles. The van der Waals surface area contributed by atoms with E-state index >= 15 is 0 Å². The Morgan fingerprint density at radius 2 is 1.77 bits per heavy atom. The van der Waals surface area contributed by atoms with Gasteiger partial charge in [0.1, 0.15) is 11.0 Å². The van der Waals surface area contributed by atoms with E-state index in [1.165, 1.54) is 43.8 Å². The highest BCUT2D eigenvalue weighted by Crippen LogP contribution is 2.29. The highest BCUT2D eigenvalue weighted by molar-refractivity contribution is 7.92. The lowest BCUT2D eigenvalue weighted by atomic mass is 10.2. The Bertz CT molecular complexity index is 1230. The lowest BCUT2D eigenvalue weighted by molar-refractivity contribution is 0.414. The Morgan fingerprint density at radius 1 is 1.03 bits per heavy atom. The van der Waals surface area contributed by atoms with Crippen LogP contribution in [0.4, 0.5) is 0 Å². The lowest BCUT2D eigenvalue weighted by Crippen LogP contribution is -2.32. The van der Waals surface area contributed by atoms with E-state index in [1.54, 1.807) is 36.4 Å². The molecule has 1 heterocycles. The van der Waals surface area contributed by atoms with Crippen LogP contribution in [0.5, 0.6) is 5.75 Å². The van der Waals surface area contributed by atoms with Crippen LogP contribution in [0, 0.1) is 0 Å². The summed E-state index contributed by atoms with van der Waals surface area (Å²) in [5, 5.41) is -0.744. The first-order valence-corrected chi connectivity index (χ1v) is 12.8. The zero-order chi connectivity index (χ0) is 22.5. The molecule has 0 fully saturated rings. The minimum atomic E-state index is -3.92. The molecule has 0 radical (unpaired) electrons. The topological polar surface area (TPSA) is 102 Å². The molecule has 2 aromatic carbocycles. The number of methoxy groups -OCH3 is 1. The maximum Gasteiger partial charge on any atom is 0.215 e. The van der Waals surface area contributed by atoms with E-state index < -0.39 is 25.1 Å². The molecule has 31 heavy (non-hydrogen) atoms. The van der Waals surface area contributed by atoms with Crippen molar-refractivity contribution in [2.24, 2.45) is 0 Å². The van der Waals surface area contributed by atoms with Crippen molar-refractivity contribution >= 4 is 31.5 Å². The molecule has 0 saturated heterocycles. The third-order valence-electron chi connectivity index (χ3n) is 4.55. The normalized spacial score (nSPS) is 13.0. The van der Waals surface area contributed by atoms with Gasteiger partial charge in [-0.1, -0.05) is 29.8 Å². The summed E-state index contributed by atoms with van der Waals surface area (Å²) in [5.74, 6) is 0.190. The van der Waals surface area contributed by atoms with Crippen LogP contribution in [-0.4, -0.2) is 35.5 Å². The van der Waals surface area contributed by atoms with E-state index in [4.69, 9.17) is 16.3 Å². The van der Waals surface area contributed by atoms with Crippen LogP contribution in [0.25, 0.3) is 0 Å². The van der Waals surface area contributed by atoms with Crippen molar-refractivity contribution in [3.63, 3.8) is 0 Å². The number of benzene rings is 2. The number of nitrogens with one attached hydrogen (secondary N) is 1. The maximum atomic E-state index is 13.3. The number of hydrogen-bond donors (Lipinski definition) is 1. The number of rotatable bonds is 9. The molecule has 1 unspecified atom stereocenters. The molecule has 0 aliphatic rings. The summed E-state index contributed by atoms with van der Waals surface area (Å²) in [7, 11) is -6.26. The molecule has 7 nitrogen and oxygen atoms in total. The molecule has 1 N–H and O–H groups in total. The van der Waals surface area contributed by atoms with Gasteiger partial charge in [-0.15, -0.1) is 0 Å². The highest BCUT2D eigenvalue weighted by atomic mass is 35.5. The minimum Gasteiger partial charge on any atom is -0.497 e. The van der Waals surface area contributed by atoms with Gasteiger partial charge in [0, 0.05) is 24.0 Å². The smallest absolute Gasteiger partial charge is 0.215 e. The quantitative estimate of drug-likeness (QED) is 0.503. The molecule has 3 aromatic rings. The molecule has 164 valence electrons. The van der Waals surface area contributed by atoms with Gasteiger partial charge in [0.15, 0.2) is 9.84 Å². The predicted octanol–water partition coefficient (Wildman–Crippen LogP) is 3.38. The van der Waals surface area contributed by atoms with Crippen LogP contribution in [0.3, 0.4) is 0 Å². The zero-order valence-corrected chi connectivity index (χ0v) is 19.0. The Hall–Kier alpha value is -2.46. The highest BCUT2D eigenvalue weighted by Gasteiger charge is 2.31. The number of pyridine rings is 1. The van der Waals surface area contributed by atoms with Crippen LogP contribution in [-0.2, 0) is 25.6 Å². The molecular formula is C21H21ClN2O5S2. The fraction of sp³-hybridized carbons (Fsp3) is 0.190. The second-order valence-electron chi connectivity index (χ2n) is 6.73. The van der Waals surface area contributed by atoms with Crippen molar-refractivity contribution in [1.29, 1.82) is 0 Å². The van der Waals surface area contributed by atoms with Gasteiger partial charge < -0.3 is 4.74 Å². The Kier molecular flexibility index (Phi) is 7.32. The molecule has 0 aliphatic heterocycles. The van der Waals surface area contributed by atoms with Gasteiger partial charge in [-0.05, 0) is 53.6 Å². The van der Waals surface area contributed by atoms with E-state index in [2.05, 4.69) is 9.71 Å². The summed E-state index contributed by atoms with van der Waals surface area (Å²) in [5.41, 5.74) is 0.875. The SMILES string of the molecule is COc1ccc(S(=O)(=O)C(CNS(=O)(=O)Cc2cccc(Cl)c2)c2cccnc2)cc1. The van der Waals surface area contributed by atoms with E-state index in [0.717, 1.165) is 0 Å². The molecule has 10 heteroatoms. The van der Waals surface area contributed by atoms with Gasteiger partial charge in [0.25, 0.3) is 0 Å². The first-order valence-electron chi connectivity index (χ1n) is 9.21. The second-order valence-corrected chi connectivity index (χ2v) is 11.1. The van der Waals surface area contributed by atoms with Gasteiger partial charge in [0.2, 0.25) is 10.0 Å². The monoisotopic (exact) mass is 480 g/mol. The van der Waals surface area contributed by atoms with Gasteiger partial charge in [-0.3, -0.25) is 4.98 Å². The van der Waals surface area contributed by atoms with Crippen LogP contribution in [0.1, 0.15) is 16.4 Å². The molecule has 0 saturated carbocycles. The number of hydrogen-bond acceptors (Lipinski definition) is 6. The average Bonchev–Trinajstić information content (AvgIpc) is 2.74. The minimum absolute atomic E-state index is 0.0520. The molecule has 0 bridgehead atoms. The van der Waals surface area contributed by atoms with Crippen molar-refractivity contribution < 1.29 is 21.6 Å². The summed E-state index contributed by atoms with van der Waals surface area (Å²) in [6, 6.07) is 15.6. The van der Waals surface area contributed by atoms with Crippen LogP contribution in [0.15, 0.2) is 78.0 Å². The predicted molar refractivity (Wildman–Crippen MR) is 119 cm³/mol. The summed E-state index contributed by atoms with van der Waals surface area (Å²) in [6.07, 6.45) is 2.93. The molecule has 0 amide bonds. The summed E-state index contributed by atoms with van der Waals surface area (Å²) in [4.78, 5) is 4.04. The van der Waals surface area contributed by atoms with Gasteiger partial charge >= 0.3 is 0 Å².